The molecular weight excluding hydrogens is 298 g/mol. The van der Waals surface area contributed by atoms with Gasteiger partial charge in [-0.15, -0.1) is 0 Å². The van der Waals surface area contributed by atoms with Crippen molar-refractivity contribution in [2.75, 3.05) is 4.90 Å². The molecule has 0 aliphatic rings. The van der Waals surface area contributed by atoms with Gasteiger partial charge >= 0.3 is 0 Å². The molecule has 24 heavy (non-hydrogen) atoms. The van der Waals surface area contributed by atoms with Crippen LogP contribution in [0.15, 0.2) is 78.9 Å². The lowest BCUT2D eigenvalue weighted by molar-refractivity contribution is 0.111. The second kappa shape index (κ2) is 7.38. The standard InChI is InChI=1S/C21H17NO2/c23-15-18-6-10-20(11-7-18)22(14-17-4-2-1-3-5-17)21-12-8-19(16-24)9-13-21/h1-13,15-16H,14H2. The fourth-order valence-electron chi connectivity index (χ4n) is 2.56. The first-order valence-corrected chi connectivity index (χ1v) is 7.72. The first-order valence-electron chi connectivity index (χ1n) is 7.72. The van der Waals surface area contributed by atoms with E-state index in [-0.39, 0.29) is 0 Å². The van der Waals surface area contributed by atoms with E-state index in [0.29, 0.717) is 17.7 Å². The first kappa shape index (κ1) is 15.7. The van der Waals surface area contributed by atoms with Crippen molar-refractivity contribution in [1.82, 2.24) is 0 Å². The lowest BCUT2D eigenvalue weighted by Crippen LogP contribution is -2.16. The van der Waals surface area contributed by atoms with Gasteiger partial charge in [-0.05, 0) is 54.1 Å². The fraction of sp³-hybridized carbons (Fsp3) is 0.0476. The highest BCUT2D eigenvalue weighted by atomic mass is 16.1. The maximum atomic E-state index is 10.9. The Labute approximate surface area is 141 Å². The minimum atomic E-state index is 0.648. The molecule has 0 spiro atoms. The van der Waals surface area contributed by atoms with E-state index < -0.39 is 0 Å². The number of rotatable bonds is 6. The summed E-state index contributed by atoms with van der Waals surface area (Å²) in [5.41, 5.74) is 4.45. The van der Waals surface area contributed by atoms with Gasteiger partial charge in [0.1, 0.15) is 12.6 Å². The molecular formula is C21H17NO2. The van der Waals surface area contributed by atoms with Crippen molar-refractivity contribution in [2.24, 2.45) is 0 Å². The van der Waals surface area contributed by atoms with E-state index in [9.17, 15) is 9.59 Å². The summed E-state index contributed by atoms with van der Waals surface area (Å²) in [5.74, 6) is 0. The highest BCUT2D eigenvalue weighted by Gasteiger charge is 2.10. The Morgan fingerprint density at radius 3 is 1.50 bits per heavy atom. The van der Waals surface area contributed by atoms with Crippen LogP contribution in [0, 0.1) is 0 Å². The number of hydrogen-bond donors (Lipinski definition) is 0. The summed E-state index contributed by atoms with van der Waals surface area (Å²) in [6, 6.07) is 25.1. The lowest BCUT2D eigenvalue weighted by Gasteiger charge is -2.25. The van der Waals surface area contributed by atoms with Gasteiger partial charge in [-0.1, -0.05) is 30.3 Å². The van der Waals surface area contributed by atoms with Crippen molar-refractivity contribution < 1.29 is 9.59 Å². The third-order valence-corrected chi connectivity index (χ3v) is 3.87. The zero-order valence-corrected chi connectivity index (χ0v) is 13.1. The summed E-state index contributed by atoms with van der Waals surface area (Å²) in [6.45, 7) is 0.696. The number of nitrogens with zero attached hydrogens (tertiary/aromatic N) is 1. The molecule has 3 aromatic rings. The van der Waals surface area contributed by atoms with Crippen LogP contribution in [0.25, 0.3) is 0 Å². The zero-order valence-electron chi connectivity index (χ0n) is 13.1. The van der Waals surface area contributed by atoms with Gasteiger partial charge in [0.25, 0.3) is 0 Å². The van der Waals surface area contributed by atoms with E-state index >= 15 is 0 Å². The predicted molar refractivity (Wildman–Crippen MR) is 95.9 cm³/mol. The summed E-state index contributed by atoms with van der Waals surface area (Å²) in [7, 11) is 0. The molecule has 0 saturated carbocycles. The monoisotopic (exact) mass is 315 g/mol. The molecule has 3 nitrogen and oxygen atoms in total. The Morgan fingerprint density at radius 2 is 1.08 bits per heavy atom. The zero-order chi connectivity index (χ0) is 16.8. The molecule has 0 radical (unpaired) electrons. The van der Waals surface area contributed by atoms with Crippen LogP contribution >= 0.6 is 0 Å². The van der Waals surface area contributed by atoms with Crippen LogP contribution in [0.4, 0.5) is 11.4 Å². The van der Waals surface area contributed by atoms with Crippen molar-refractivity contribution in [3.8, 4) is 0 Å². The number of anilines is 2. The van der Waals surface area contributed by atoms with Crippen LogP contribution in [-0.2, 0) is 6.54 Å². The molecule has 0 fully saturated rings. The highest BCUT2D eigenvalue weighted by molar-refractivity contribution is 5.78. The van der Waals surface area contributed by atoms with Gasteiger partial charge < -0.3 is 4.90 Å². The van der Waals surface area contributed by atoms with Gasteiger partial charge in [0.2, 0.25) is 0 Å². The average Bonchev–Trinajstić information content (AvgIpc) is 2.67. The normalized spacial score (nSPS) is 10.2. The molecule has 0 heterocycles. The van der Waals surface area contributed by atoms with Crippen LogP contribution < -0.4 is 4.90 Å². The van der Waals surface area contributed by atoms with E-state index in [4.69, 9.17) is 0 Å². The highest BCUT2D eigenvalue weighted by Crippen LogP contribution is 2.28. The second-order valence-electron chi connectivity index (χ2n) is 5.49. The Kier molecular flexibility index (Phi) is 4.82. The molecule has 0 aliphatic heterocycles. The number of aldehydes is 2. The minimum Gasteiger partial charge on any atom is -0.337 e. The first-order chi connectivity index (χ1) is 11.8. The number of carbonyl (C=O) groups is 2. The van der Waals surface area contributed by atoms with Gasteiger partial charge in [0, 0.05) is 29.0 Å². The molecule has 0 bridgehead atoms. The summed E-state index contributed by atoms with van der Waals surface area (Å²) >= 11 is 0. The van der Waals surface area contributed by atoms with Crippen LogP contribution in [0.5, 0.6) is 0 Å². The largest absolute Gasteiger partial charge is 0.337 e. The molecule has 0 atom stereocenters. The van der Waals surface area contributed by atoms with Gasteiger partial charge in [0.05, 0.1) is 0 Å². The summed E-state index contributed by atoms with van der Waals surface area (Å²) in [4.78, 5) is 23.9. The Hall–Kier alpha value is -3.20. The van der Waals surface area contributed by atoms with Crippen molar-refractivity contribution in [3.05, 3.63) is 95.6 Å². The van der Waals surface area contributed by atoms with Gasteiger partial charge in [-0.2, -0.15) is 0 Å². The second-order valence-corrected chi connectivity index (χ2v) is 5.49. The third-order valence-electron chi connectivity index (χ3n) is 3.87. The molecule has 0 aliphatic carbocycles. The van der Waals surface area contributed by atoms with Crippen molar-refractivity contribution in [3.63, 3.8) is 0 Å². The maximum absolute atomic E-state index is 10.9. The molecule has 3 heteroatoms. The third kappa shape index (κ3) is 3.58. The number of carbonyl (C=O) groups excluding carboxylic acids is 2. The number of hydrogen-bond acceptors (Lipinski definition) is 3. The topological polar surface area (TPSA) is 37.4 Å². The van der Waals surface area contributed by atoms with Crippen molar-refractivity contribution >= 4 is 23.9 Å². The van der Waals surface area contributed by atoms with Crippen molar-refractivity contribution in [2.45, 2.75) is 6.54 Å². The van der Waals surface area contributed by atoms with Gasteiger partial charge in [-0.3, -0.25) is 9.59 Å². The van der Waals surface area contributed by atoms with Gasteiger partial charge in [-0.25, -0.2) is 0 Å². The minimum absolute atomic E-state index is 0.648. The lowest BCUT2D eigenvalue weighted by atomic mass is 10.1. The van der Waals surface area contributed by atoms with Crippen LogP contribution in [0.3, 0.4) is 0 Å². The maximum Gasteiger partial charge on any atom is 0.150 e. The Bertz CT molecular complexity index is 757. The molecule has 3 rings (SSSR count). The molecule has 3 aromatic carbocycles. The summed E-state index contributed by atoms with van der Waals surface area (Å²) in [5, 5.41) is 0. The number of benzene rings is 3. The molecule has 0 amide bonds. The quantitative estimate of drug-likeness (QED) is 0.621. The van der Waals surface area contributed by atoms with E-state index in [0.717, 1.165) is 23.9 Å². The molecule has 0 aromatic heterocycles. The summed E-state index contributed by atoms with van der Waals surface area (Å²) in [6.07, 6.45) is 1.67. The van der Waals surface area contributed by atoms with E-state index in [1.54, 1.807) is 24.3 Å². The van der Waals surface area contributed by atoms with Crippen molar-refractivity contribution in [1.29, 1.82) is 0 Å². The van der Waals surface area contributed by atoms with E-state index in [1.807, 2.05) is 42.5 Å². The Balaban J connectivity index is 1.98. The van der Waals surface area contributed by atoms with Gasteiger partial charge in [0.15, 0.2) is 0 Å². The SMILES string of the molecule is O=Cc1ccc(N(Cc2ccccc2)c2ccc(C=O)cc2)cc1. The molecule has 0 unspecified atom stereocenters. The van der Waals surface area contributed by atoms with Crippen LogP contribution in [0.2, 0.25) is 0 Å². The van der Waals surface area contributed by atoms with Crippen LogP contribution in [0.1, 0.15) is 26.3 Å². The molecule has 0 N–H and O–H groups in total. The van der Waals surface area contributed by atoms with E-state index in [2.05, 4.69) is 17.0 Å². The van der Waals surface area contributed by atoms with E-state index in [1.165, 1.54) is 5.56 Å². The van der Waals surface area contributed by atoms with Crippen LogP contribution in [-0.4, -0.2) is 12.6 Å². The summed E-state index contributed by atoms with van der Waals surface area (Å²) < 4.78 is 0. The smallest absolute Gasteiger partial charge is 0.150 e. The average molecular weight is 315 g/mol. The molecule has 0 saturated heterocycles. The fourth-order valence-corrected chi connectivity index (χ4v) is 2.56. The molecule has 118 valence electrons. The predicted octanol–water partition coefficient (Wildman–Crippen LogP) is 4.65. The Morgan fingerprint density at radius 1 is 0.625 bits per heavy atom.